The van der Waals surface area contributed by atoms with E-state index in [0.717, 1.165) is 29.1 Å². The van der Waals surface area contributed by atoms with Gasteiger partial charge < -0.3 is 44.1 Å². The zero-order chi connectivity index (χ0) is 81.9. The van der Waals surface area contributed by atoms with Crippen molar-refractivity contribution in [3.8, 4) is 17.8 Å². The van der Waals surface area contributed by atoms with Crippen molar-refractivity contribution < 1.29 is 118 Å². The minimum absolute atomic E-state index is 0. The molecule has 0 radical (unpaired) electrons. The Hall–Kier alpha value is -11.3. The SMILES string of the molecule is C.C.CC(=O)O.CCOC(=O)C1(CC(F)(F)F)CCCN1c1nc(-n2ccnc2)ncc1[N+](=O)[O-].CCOC(=O)C1(CC(F)(F)F)CCCN1c1nc(Cl)ncc1[N+](=O)[O-].CN1C(=O)C2(CC(F)(F)F)CCCN2c2nc(-n3ccnc3)ncc21.O=C1Cc2cnc(-n3ccnc3)nc2N2CCCC12CC(F)(F)F.[Fe].c1c[nH]cn1. The second kappa shape index (κ2) is 37.8. The summed E-state index contributed by atoms with van der Waals surface area (Å²) in [6.07, 6.45) is 1.23. The summed E-state index contributed by atoms with van der Waals surface area (Å²) in [6, 6.07) is 0. The van der Waals surface area contributed by atoms with Gasteiger partial charge in [-0.05, 0) is 76.8 Å². The van der Waals surface area contributed by atoms with E-state index in [4.69, 9.17) is 31.0 Å². The number of hydrogen-bond acceptors (Lipinski definition) is 27. The molecule has 2 N–H and O–H groups in total. The number of anilines is 5. The van der Waals surface area contributed by atoms with Crippen LogP contribution in [0.1, 0.15) is 118 Å². The number of imidazole rings is 4. The smallest absolute Gasteiger partial charge is 0.391 e. The molecule has 0 bridgehead atoms. The number of nitro groups is 2. The molecule has 0 saturated carbocycles. The number of nitrogens with one attached hydrogen (secondary N) is 1. The molecule has 14 rings (SSSR count). The summed E-state index contributed by atoms with van der Waals surface area (Å²) in [5.41, 5.74) is -7.67. The predicted octanol–water partition coefficient (Wildman–Crippen LogP) is 11.1. The van der Waals surface area contributed by atoms with Crippen LogP contribution in [0.3, 0.4) is 0 Å². The number of aromatic nitrogens is 16. The molecule has 4 saturated heterocycles. The van der Waals surface area contributed by atoms with Crippen LogP contribution in [0.5, 0.6) is 0 Å². The number of H-pyrrole nitrogens is 1. The van der Waals surface area contributed by atoms with Crippen LogP contribution < -0.4 is 24.5 Å². The summed E-state index contributed by atoms with van der Waals surface area (Å²) in [5, 5.41) is 29.7. The third kappa shape index (κ3) is 21.4. The molecule has 115 heavy (non-hydrogen) atoms. The van der Waals surface area contributed by atoms with Crippen LogP contribution in [-0.4, -0.2) is 216 Å². The topological polar surface area (TPSA) is 412 Å². The van der Waals surface area contributed by atoms with Crippen LogP contribution in [-0.2, 0) is 56.9 Å². The van der Waals surface area contributed by atoms with Gasteiger partial charge in [-0.25, -0.2) is 49.5 Å². The first-order valence-electron chi connectivity index (χ1n) is 33.7. The number of aromatic amines is 1. The van der Waals surface area contributed by atoms with E-state index < -0.39 is 129 Å². The number of fused-ring (bicyclic) bond motifs is 6. The molecule has 6 aliphatic rings. The van der Waals surface area contributed by atoms with Gasteiger partial charge >= 0.3 is 48.0 Å². The molecule has 8 aromatic rings. The molecule has 626 valence electrons. The molecule has 1 amide bonds. The number of esters is 2. The molecular formula is C66H76ClF12FeN23O12. The molecule has 35 nitrogen and oxygen atoms in total. The summed E-state index contributed by atoms with van der Waals surface area (Å²) in [7, 11) is 1.47. The summed E-state index contributed by atoms with van der Waals surface area (Å²) in [5.74, 6) is -3.42. The number of hydrogen-bond donors (Lipinski definition) is 2. The number of Topliss-reactive ketones (excluding diaryl/α,β-unsaturated/α-hetero) is 1. The molecule has 0 aliphatic carbocycles. The standard InChI is InChI=1S/C16H17F3N6O4.C15H15F3N6O.C15H14F3N5O.C13H14ClF3N4O4.C3H4N2.C2H4O2.2CH4.Fe/c1-2-29-13(26)15(9-16(17,18)19)4-3-6-24(15)12-11(25(27)28)8-21-14(22-12)23-7-5-20-10-23;1-22-10-7-20-13(23-6-4-19-9-23)21-11(10)24-5-2-3-14(24,12(22)25)8-15(16,17)18;16-15(17,18)8-14-2-1-4-23(14)12-10(6-11(14)24)7-20-13(21-12)22-5-3-19-9-22;1-2-25-10(22)12(7-13(15,16)17)4-3-5-20(12)9-8(21(23)24)6-18-11(14)19-9;1-2-5-3-4-1;1-2(3)4;;;/h5,7-8,10H,2-4,6,9H2,1H3;4,6-7,9H,2-3,5,8H2,1H3;3,5,7,9H,1-2,4,6,8H2;6H,2-5,7H2,1H3;1-3H,(H,4,5);1H3,(H,3,4);2*1H4;. The van der Waals surface area contributed by atoms with E-state index in [1.54, 1.807) is 52.6 Å². The fourth-order valence-electron chi connectivity index (χ4n) is 14.0. The number of ether oxygens (including phenoxy) is 2. The van der Waals surface area contributed by atoms with Gasteiger partial charge in [-0.1, -0.05) is 14.9 Å². The molecule has 0 aromatic carbocycles. The van der Waals surface area contributed by atoms with E-state index in [1.165, 1.54) is 83.9 Å². The molecule has 4 unspecified atom stereocenters. The number of carboxylic acids is 1. The Labute approximate surface area is 661 Å². The van der Waals surface area contributed by atoms with Crippen molar-refractivity contribution in [2.24, 2.45) is 0 Å². The molecule has 49 heteroatoms. The normalized spacial score (nSPS) is 19.8. The van der Waals surface area contributed by atoms with Crippen LogP contribution in [0.15, 0.2) is 99.7 Å². The van der Waals surface area contributed by atoms with Gasteiger partial charge in [-0.15, -0.1) is 0 Å². The maximum atomic E-state index is 13.4. The molecular weight excluding hydrogens is 1630 g/mol. The number of aliphatic carboxylic acids is 1. The van der Waals surface area contributed by atoms with Crippen molar-refractivity contribution in [2.45, 2.75) is 166 Å². The van der Waals surface area contributed by atoms with Crippen molar-refractivity contribution in [2.75, 3.05) is 70.9 Å². The monoisotopic (exact) mass is 1700 g/mol. The Kier molecular flexibility index (Phi) is 30.4. The van der Waals surface area contributed by atoms with Gasteiger partial charge in [0.15, 0.2) is 11.6 Å². The molecule has 8 aromatic heterocycles. The zero-order valence-corrected chi connectivity index (χ0v) is 61.6. The van der Waals surface area contributed by atoms with Gasteiger partial charge in [-0.2, -0.15) is 72.6 Å². The second-order valence-corrected chi connectivity index (χ2v) is 25.9. The van der Waals surface area contributed by atoms with Crippen LogP contribution >= 0.6 is 11.6 Å². The first-order valence-corrected chi connectivity index (χ1v) is 34.1. The van der Waals surface area contributed by atoms with E-state index in [-0.39, 0.29) is 120 Å². The van der Waals surface area contributed by atoms with Gasteiger partial charge in [-0.3, -0.25) is 48.3 Å². The third-order valence-electron chi connectivity index (χ3n) is 18.2. The zero-order valence-electron chi connectivity index (χ0n) is 59.7. The second-order valence-electron chi connectivity index (χ2n) is 25.5. The van der Waals surface area contributed by atoms with Gasteiger partial charge in [0.2, 0.25) is 34.8 Å². The maximum Gasteiger partial charge on any atom is 0.391 e. The van der Waals surface area contributed by atoms with Crippen LogP contribution in [0.4, 0.5) is 93.0 Å². The number of carbonyl (C=O) groups is 5. The quantitative estimate of drug-likeness (QED) is 0.0240. The number of nitrogens with zero attached hydrogens (tertiary/aromatic N) is 22. The number of amides is 1. The average molecular weight is 1700 g/mol. The van der Waals surface area contributed by atoms with E-state index in [2.05, 4.69) is 64.8 Å². The minimum atomic E-state index is -4.70. The molecule has 4 atom stereocenters. The largest absolute Gasteiger partial charge is 0.481 e. The van der Waals surface area contributed by atoms with Crippen molar-refractivity contribution in [3.63, 3.8) is 0 Å². The van der Waals surface area contributed by atoms with E-state index in [0.29, 0.717) is 60.7 Å². The Morgan fingerprint density at radius 1 is 0.557 bits per heavy atom. The fourth-order valence-corrected chi connectivity index (χ4v) is 14.1. The van der Waals surface area contributed by atoms with Crippen molar-refractivity contribution in [1.29, 1.82) is 0 Å². The summed E-state index contributed by atoms with van der Waals surface area (Å²) in [6.45, 7) is 4.43. The predicted molar refractivity (Wildman–Crippen MR) is 378 cm³/mol. The number of carboxylic acid groups (broad SMARTS) is 1. The fraction of sp³-hybridized carbons (Fsp3) is 0.500. The first-order chi connectivity index (χ1) is 52.7. The Morgan fingerprint density at radius 2 is 0.948 bits per heavy atom. The van der Waals surface area contributed by atoms with Crippen molar-refractivity contribution in [3.05, 3.63) is 131 Å². The Balaban J connectivity index is 0.000000228. The molecule has 0 spiro atoms. The van der Waals surface area contributed by atoms with Gasteiger partial charge in [0.05, 0.1) is 61.3 Å². The minimum Gasteiger partial charge on any atom is -0.481 e. The van der Waals surface area contributed by atoms with E-state index >= 15 is 0 Å². The van der Waals surface area contributed by atoms with Crippen molar-refractivity contribution >= 4 is 81.5 Å². The van der Waals surface area contributed by atoms with Gasteiger partial charge in [0.25, 0.3) is 11.9 Å². The van der Waals surface area contributed by atoms with Crippen LogP contribution in [0.2, 0.25) is 5.28 Å². The Bertz CT molecular complexity index is 4620. The van der Waals surface area contributed by atoms with Gasteiger partial charge in [0.1, 0.15) is 65.0 Å². The van der Waals surface area contributed by atoms with Crippen LogP contribution in [0, 0.1) is 20.2 Å². The number of alkyl halides is 12. The molecule has 14 heterocycles. The number of carbonyl (C=O) groups excluding carboxylic acids is 4. The van der Waals surface area contributed by atoms with Crippen molar-refractivity contribution in [1.82, 2.24) is 78.5 Å². The van der Waals surface area contributed by atoms with Gasteiger partial charge in [0, 0.05) is 125 Å². The maximum absolute atomic E-state index is 13.4. The van der Waals surface area contributed by atoms with E-state index in [9.17, 15) is 92.1 Å². The Morgan fingerprint density at radius 3 is 1.36 bits per heavy atom. The third-order valence-corrected chi connectivity index (χ3v) is 18.4. The molecule has 6 aliphatic heterocycles. The summed E-state index contributed by atoms with van der Waals surface area (Å²) in [4.78, 5) is 137. The number of halogens is 13. The van der Waals surface area contributed by atoms with E-state index in [1.807, 2.05) is 0 Å². The van der Waals surface area contributed by atoms with Crippen LogP contribution in [0.25, 0.3) is 17.8 Å². The molecule has 4 fully saturated rings. The summed E-state index contributed by atoms with van der Waals surface area (Å²) >= 11 is 5.66. The first kappa shape index (κ1) is 92.5. The summed E-state index contributed by atoms with van der Waals surface area (Å²) < 4.78 is 173. The number of rotatable bonds is 15. The number of likely N-dealkylation sites (N-methyl/N-ethyl adjacent to an activating group) is 1. The number of ketones is 1. The average Bonchev–Trinajstić information content (AvgIpc) is 1.68.